The summed E-state index contributed by atoms with van der Waals surface area (Å²) >= 11 is 0. The SMILES string of the molecule is CC(C)(C)CN(C(=O)O)C1(C)CNC2=CC=CCC21. The lowest BCUT2D eigenvalue weighted by molar-refractivity contribution is 0.0502. The van der Waals surface area contributed by atoms with E-state index in [1.54, 1.807) is 4.90 Å². The lowest BCUT2D eigenvalue weighted by Crippen LogP contribution is -2.56. The fourth-order valence-electron chi connectivity index (χ4n) is 3.03. The van der Waals surface area contributed by atoms with E-state index < -0.39 is 6.09 Å². The summed E-state index contributed by atoms with van der Waals surface area (Å²) in [6.07, 6.45) is 6.31. The first-order chi connectivity index (χ1) is 8.74. The lowest BCUT2D eigenvalue weighted by atomic mass is 9.80. The molecule has 2 atom stereocenters. The van der Waals surface area contributed by atoms with Gasteiger partial charge in [0, 0.05) is 24.7 Å². The molecule has 2 N–H and O–H groups in total. The molecule has 1 aliphatic heterocycles. The molecule has 0 aromatic carbocycles. The van der Waals surface area contributed by atoms with Crippen LogP contribution >= 0.6 is 0 Å². The summed E-state index contributed by atoms with van der Waals surface area (Å²) in [5, 5.41) is 13.0. The molecule has 2 aliphatic rings. The maximum atomic E-state index is 11.7. The van der Waals surface area contributed by atoms with Gasteiger partial charge in [-0.3, -0.25) is 4.90 Å². The van der Waals surface area contributed by atoms with Crippen LogP contribution in [0.5, 0.6) is 0 Å². The zero-order valence-corrected chi connectivity index (χ0v) is 12.2. The molecule has 0 spiro atoms. The highest BCUT2D eigenvalue weighted by Gasteiger charge is 2.48. The number of nitrogens with one attached hydrogen (secondary N) is 1. The van der Waals surface area contributed by atoms with E-state index in [9.17, 15) is 9.90 Å². The van der Waals surface area contributed by atoms with Crippen LogP contribution in [-0.4, -0.2) is 34.7 Å². The Balaban J connectivity index is 2.28. The van der Waals surface area contributed by atoms with Crippen LogP contribution in [0.1, 0.15) is 34.1 Å². The molecule has 1 aliphatic carbocycles. The van der Waals surface area contributed by atoms with Gasteiger partial charge in [0.1, 0.15) is 0 Å². The summed E-state index contributed by atoms with van der Waals surface area (Å²) in [5.74, 6) is 0.246. The van der Waals surface area contributed by atoms with E-state index in [-0.39, 0.29) is 16.9 Å². The minimum atomic E-state index is -0.824. The zero-order chi connectivity index (χ0) is 14.3. The molecule has 106 valence electrons. The van der Waals surface area contributed by atoms with Gasteiger partial charge in [0.15, 0.2) is 0 Å². The van der Waals surface area contributed by atoms with Crippen molar-refractivity contribution in [2.45, 2.75) is 39.7 Å². The standard InChI is InChI=1S/C15H24N2O2/c1-14(2,3)10-17(13(18)19)15(4)9-16-12-8-6-5-7-11(12)15/h5-6,8,11,16H,7,9-10H2,1-4H3,(H,18,19). The van der Waals surface area contributed by atoms with Crippen molar-refractivity contribution in [2.24, 2.45) is 11.3 Å². The Morgan fingerprint density at radius 1 is 1.58 bits per heavy atom. The lowest BCUT2D eigenvalue weighted by Gasteiger charge is -2.43. The van der Waals surface area contributed by atoms with Crippen molar-refractivity contribution >= 4 is 6.09 Å². The van der Waals surface area contributed by atoms with Gasteiger partial charge in [-0.2, -0.15) is 0 Å². The molecule has 2 rings (SSSR count). The maximum Gasteiger partial charge on any atom is 0.407 e. The first-order valence-corrected chi connectivity index (χ1v) is 6.85. The highest BCUT2D eigenvalue weighted by atomic mass is 16.4. The number of rotatable bonds is 2. The summed E-state index contributed by atoms with van der Waals surface area (Å²) in [7, 11) is 0. The van der Waals surface area contributed by atoms with E-state index in [0.717, 1.165) is 6.42 Å². The second-order valence-electron chi connectivity index (χ2n) is 6.98. The van der Waals surface area contributed by atoms with Crippen molar-refractivity contribution in [1.29, 1.82) is 0 Å². The van der Waals surface area contributed by atoms with Gasteiger partial charge < -0.3 is 10.4 Å². The molecule has 1 heterocycles. The number of amides is 1. The van der Waals surface area contributed by atoms with Crippen LogP contribution in [0.4, 0.5) is 4.79 Å². The van der Waals surface area contributed by atoms with E-state index in [2.05, 4.69) is 45.2 Å². The van der Waals surface area contributed by atoms with Gasteiger partial charge in [0.05, 0.1) is 5.54 Å². The molecule has 4 heteroatoms. The van der Waals surface area contributed by atoms with Crippen molar-refractivity contribution < 1.29 is 9.90 Å². The number of nitrogens with zero attached hydrogens (tertiary/aromatic N) is 1. The molecule has 0 bridgehead atoms. The number of carboxylic acid groups (broad SMARTS) is 1. The maximum absolute atomic E-state index is 11.7. The van der Waals surface area contributed by atoms with Gasteiger partial charge in [0.2, 0.25) is 0 Å². The Bertz CT molecular complexity index is 434. The van der Waals surface area contributed by atoms with Gasteiger partial charge in [-0.25, -0.2) is 4.79 Å². The second kappa shape index (κ2) is 4.58. The largest absolute Gasteiger partial charge is 0.465 e. The second-order valence-corrected chi connectivity index (χ2v) is 6.98. The monoisotopic (exact) mass is 264 g/mol. The molecule has 2 unspecified atom stereocenters. The Labute approximate surface area is 115 Å². The Kier molecular flexibility index (Phi) is 3.37. The Morgan fingerprint density at radius 3 is 2.84 bits per heavy atom. The molecule has 0 saturated carbocycles. The third kappa shape index (κ3) is 2.62. The molecule has 1 fully saturated rings. The quantitative estimate of drug-likeness (QED) is 0.806. The van der Waals surface area contributed by atoms with Crippen LogP contribution < -0.4 is 5.32 Å². The van der Waals surface area contributed by atoms with Crippen LogP contribution in [0, 0.1) is 11.3 Å². The highest BCUT2D eigenvalue weighted by molar-refractivity contribution is 5.67. The smallest absolute Gasteiger partial charge is 0.407 e. The molecular weight excluding hydrogens is 240 g/mol. The molecule has 4 nitrogen and oxygen atoms in total. The van der Waals surface area contributed by atoms with Crippen molar-refractivity contribution in [2.75, 3.05) is 13.1 Å². The molecule has 0 aromatic heterocycles. The first kappa shape index (κ1) is 14.0. The summed E-state index contributed by atoms with van der Waals surface area (Å²) in [6.45, 7) is 9.52. The number of hydrogen-bond acceptors (Lipinski definition) is 2. The molecule has 0 radical (unpaired) electrons. The van der Waals surface area contributed by atoms with E-state index in [1.165, 1.54) is 5.70 Å². The van der Waals surface area contributed by atoms with E-state index in [1.807, 2.05) is 6.08 Å². The number of hydrogen-bond donors (Lipinski definition) is 2. The fourth-order valence-corrected chi connectivity index (χ4v) is 3.03. The summed E-state index contributed by atoms with van der Waals surface area (Å²) < 4.78 is 0. The normalized spacial score (nSPS) is 29.5. The molecular formula is C15H24N2O2. The van der Waals surface area contributed by atoms with Crippen LogP contribution in [-0.2, 0) is 0 Å². The topological polar surface area (TPSA) is 52.6 Å². The van der Waals surface area contributed by atoms with Crippen molar-refractivity contribution in [3.8, 4) is 0 Å². The highest BCUT2D eigenvalue weighted by Crippen LogP contribution is 2.40. The predicted molar refractivity (Wildman–Crippen MR) is 75.9 cm³/mol. The third-order valence-electron chi connectivity index (χ3n) is 4.04. The number of carbonyl (C=O) groups is 1. The molecule has 1 saturated heterocycles. The fraction of sp³-hybridized carbons (Fsp3) is 0.667. The van der Waals surface area contributed by atoms with Gasteiger partial charge in [-0.15, -0.1) is 0 Å². The average Bonchev–Trinajstić information content (AvgIpc) is 2.65. The van der Waals surface area contributed by atoms with E-state index in [0.29, 0.717) is 13.1 Å². The summed E-state index contributed by atoms with van der Waals surface area (Å²) in [4.78, 5) is 13.3. The van der Waals surface area contributed by atoms with Gasteiger partial charge in [0.25, 0.3) is 0 Å². The molecule has 0 aromatic rings. The molecule has 19 heavy (non-hydrogen) atoms. The van der Waals surface area contributed by atoms with Gasteiger partial charge in [-0.1, -0.05) is 32.9 Å². The van der Waals surface area contributed by atoms with Crippen LogP contribution in [0.2, 0.25) is 0 Å². The minimum absolute atomic E-state index is 0.0433. The van der Waals surface area contributed by atoms with E-state index >= 15 is 0 Å². The Hall–Kier alpha value is -1.45. The van der Waals surface area contributed by atoms with Gasteiger partial charge >= 0.3 is 6.09 Å². The van der Waals surface area contributed by atoms with Crippen molar-refractivity contribution in [1.82, 2.24) is 10.2 Å². The van der Waals surface area contributed by atoms with Crippen molar-refractivity contribution in [3.05, 3.63) is 23.9 Å². The zero-order valence-electron chi connectivity index (χ0n) is 12.2. The number of fused-ring (bicyclic) bond motifs is 1. The predicted octanol–water partition coefficient (Wildman–Crippen LogP) is 2.83. The third-order valence-corrected chi connectivity index (χ3v) is 4.04. The van der Waals surface area contributed by atoms with Crippen LogP contribution in [0.15, 0.2) is 23.9 Å². The minimum Gasteiger partial charge on any atom is -0.465 e. The number of allylic oxidation sites excluding steroid dienone is 3. The summed E-state index contributed by atoms with van der Waals surface area (Å²) in [5.41, 5.74) is 0.763. The van der Waals surface area contributed by atoms with Crippen molar-refractivity contribution in [3.63, 3.8) is 0 Å². The Morgan fingerprint density at radius 2 is 2.26 bits per heavy atom. The van der Waals surface area contributed by atoms with E-state index in [4.69, 9.17) is 0 Å². The van der Waals surface area contributed by atoms with Crippen LogP contribution in [0.3, 0.4) is 0 Å². The average molecular weight is 264 g/mol. The first-order valence-electron chi connectivity index (χ1n) is 6.85. The molecule has 1 amide bonds. The van der Waals surface area contributed by atoms with Gasteiger partial charge in [-0.05, 0) is 24.8 Å². The summed E-state index contributed by atoms with van der Waals surface area (Å²) in [6, 6.07) is 0. The van der Waals surface area contributed by atoms with Crippen LogP contribution in [0.25, 0.3) is 0 Å².